The van der Waals surface area contributed by atoms with Gasteiger partial charge in [-0.15, -0.1) is 0 Å². The van der Waals surface area contributed by atoms with Crippen molar-refractivity contribution in [3.63, 3.8) is 0 Å². The molecule has 50 heavy (non-hydrogen) atoms. The number of amides is 1. The first-order valence-corrected chi connectivity index (χ1v) is 16.9. The van der Waals surface area contributed by atoms with E-state index in [1.807, 2.05) is 33.7 Å². The third kappa shape index (κ3) is 7.61. The van der Waals surface area contributed by atoms with E-state index in [1.165, 1.54) is 30.3 Å². The number of aromatic nitrogens is 1. The van der Waals surface area contributed by atoms with Crippen molar-refractivity contribution in [2.75, 3.05) is 31.7 Å². The zero-order chi connectivity index (χ0) is 35.6. The smallest absolute Gasteiger partial charge is 0.336 e. The molecule has 0 unspecified atom stereocenters. The van der Waals surface area contributed by atoms with Crippen LogP contribution in [0.1, 0.15) is 47.8 Å². The maximum absolute atomic E-state index is 14.6. The van der Waals surface area contributed by atoms with Gasteiger partial charge in [0.05, 0.1) is 17.8 Å². The summed E-state index contributed by atoms with van der Waals surface area (Å²) in [5, 5.41) is 1.64. The number of carbonyl (C=O) groups excluding carboxylic acids is 1. The number of fused-ring (bicyclic) bond motifs is 1. The van der Waals surface area contributed by atoms with Crippen molar-refractivity contribution < 1.29 is 26.7 Å². The number of benzene rings is 3. The van der Waals surface area contributed by atoms with Crippen LogP contribution in [0, 0.1) is 11.6 Å². The molecule has 4 aromatic rings. The van der Waals surface area contributed by atoms with E-state index in [0.29, 0.717) is 35.7 Å². The number of hydrogen-bond acceptors (Lipinski definition) is 5. The van der Waals surface area contributed by atoms with E-state index >= 15 is 0 Å². The zero-order valence-corrected chi connectivity index (χ0v) is 28.1. The van der Waals surface area contributed by atoms with Crippen molar-refractivity contribution >= 4 is 11.6 Å². The van der Waals surface area contributed by atoms with Gasteiger partial charge in [0.1, 0.15) is 12.2 Å². The fourth-order valence-corrected chi connectivity index (χ4v) is 7.01. The summed E-state index contributed by atoms with van der Waals surface area (Å²) in [4.78, 5) is 31.9. The highest BCUT2D eigenvalue weighted by atomic mass is 19.4. The minimum atomic E-state index is -4.41. The van der Waals surface area contributed by atoms with Crippen molar-refractivity contribution in [2.24, 2.45) is 0 Å². The number of likely N-dealkylation sites (tertiary alicyclic amines) is 1. The number of nitrogens with zero attached hydrogens (tertiary/aromatic N) is 4. The normalized spacial score (nSPS) is 15.4. The number of pyridine rings is 1. The number of hydrogen-bond donors (Lipinski definition) is 1. The molecule has 1 fully saturated rings. The highest BCUT2D eigenvalue weighted by Gasteiger charge is 2.32. The number of halogens is 5. The summed E-state index contributed by atoms with van der Waals surface area (Å²) in [6.45, 7) is 5.35. The van der Waals surface area contributed by atoms with Crippen LogP contribution in [0.3, 0.4) is 0 Å². The summed E-state index contributed by atoms with van der Waals surface area (Å²) in [6.07, 6.45) is -2.46. The number of piperidine rings is 1. The van der Waals surface area contributed by atoms with Gasteiger partial charge in [0, 0.05) is 44.5 Å². The van der Waals surface area contributed by atoms with Crippen LogP contribution in [0.5, 0.6) is 0 Å². The topological polar surface area (TPSA) is 60.8 Å². The molecular weight excluding hydrogens is 653 g/mol. The molecule has 1 saturated heterocycles. The lowest BCUT2D eigenvalue weighted by Crippen LogP contribution is -2.48. The van der Waals surface area contributed by atoms with Gasteiger partial charge >= 0.3 is 6.18 Å². The number of nitrogens with one attached hydrogen (secondary N) is 1. The highest BCUT2D eigenvalue weighted by Crippen LogP contribution is 2.31. The Morgan fingerprint density at radius 1 is 0.940 bits per heavy atom. The quantitative estimate of drug-likeness (QED) is 0.191. The Morgan fingerprint density at radius 2 is 1.60 bits per heavy atom. The molecule has 2 aliphatic heterocycles. The van der Waals surface area contributed by atoms with Gasteiger partial charge < -0.3 is 19.4 Å². The largest absolute Gasteiger partial charge is 0.416 e. The van der Waals surface area contributed by atoms with Gasteiger partial charge in [0.25, 0.3) is 0 Å². The minimum absolute atomic E-state index is 0.0297. The highest BCUT2D eigenvalue weighted by molar-refractivity contribution is 5.77. The van der Waals surface area contributed by atoms with Gasteiger partial charge in [-0.3, -0.25) is 9.59 Å². The first-order chi connectivity index (χ1) is 23.9. The molecule has 0 bridgehead atoms. The predicted molar refractivity (Wildman–Crippen MR) is 182 cm³/mol. The average Bonchev–Trinajstić information content (AvgIpc) is 3.51. The van der Waals surface area contributed by atoms with Crippen molar-refractivity contribution in [2.45, 2.75) is 64.5 Å². The number of hydrazine groups is 1. The Labute approximate surface area is 287 Å². The Bertz CT molecular complexity index is 1880. The van der Waals surface area contributed by atoms with Crippen LogP contribution >= 0.6 is 0 Å². The number of anilines is 1. The molecule has 0 aliphatic carbocycles. The van der Waals surface area contributed by atoms with Crippen LogP contribution in [-0.2, 0) is 43.4 Å². The number of rotatable bonds is 10. The van der Waals surface area contributed by atoms with Crippen LogP contribution in [-0.4, -0.2) is 53.0 Å². The minimum Gasteiger partial charge on any atom is -0.336 e. The third-order valence-electron chi connectivity index (χ3n) is 9.89. The van der Waals surface area contributed by atoms with Gasteiger partial charge in [0.2, 0.25) is 11.3 Å². The fraction of sp³-hybridized carbons (Fsp3) is 0.368. The summed E-state index contributed by atoms with van der Waals surface area (Å²) < 4.78 is 69.6. The van der Waals surface area contributed by atoms with Crippen molar-refractivity contribution in [3.05, 3.63) is 123 Å². The molecule has 2 aliphatic rings. The monoisotopic (exact) mass is 693 g/mol. The Morgan fingerprint density at radius 3 is 2.24 bits per heavy atom. The van der Waals surface area contributed by atoms with Crippen LogP contribution in [0.15, 0.2) is 77.6 Å². The van der Waals surface area contributed by atoms with E-state index in [4.69, 9.17) is 0 Å². The molecule has 0 radical (unpaired) electrons. The van der Waals surface area contributed by atoms with E-state index in [1.54, 1.807) is 12.1 Å². The van der Waals surface area contributed by atoms with E-state index in [9.17, 15) is 31.5 Å². The van der Waals surface area contributed by atoms with Crippen molar-refractivity contribution in [1.82, 2.24) is 19.8 Å². The second-order valence-corrected chi connectivity index (χ2v) is 12.9. The van der Waals surface area contributed by atoms with Crippen LogP contribution in [0.2, 0.25) is 0 Å². The molecule has 6 rings (SSSR count). The second kappa shape index (κ2) is 14.7. The Balaban J connectivity index is 1.28. The lowest BCUT2D eigenvalue weighted by atomic mass is 10.00. The summed E-state index contributed by atoms with van der Waals surface area (Å²) in [5.74, 6) is -1.99. The molecule has 0 atom stereocenters. The molecule has 0 saturated carbocycles. The first-order valence-electron chi connectivity index (χ1n) is 16.9. The molecule has 12 heteroatoms. The first kappa shape index (κ1) is 35.3. The molecule has 3 aromatic carbocycles. The molecule has 3 heterocycles. The Hall–Kier alpha value is -4.55. The maximum atomic E-state index is 14.6. The number of alkyl halides is 3. The van der Waals surface area contributed by atoms with Crippen LogP contribution in [0.4, 0.5) is 27.6 Å². The van der Waals surface area contributed by atoms with E-state index in [2.05, 4.69) is 17.2 Å². The van der Waals surface area contributed by atoms with Crippen LogP contribution < -0.4 is 15.9 Å². The SMILES string of the molecule is CCN1CCC(N(Cc2ccc(-c3ccc(C(F)(F)F)cc3)cc2)C(=O)Cn2c(CCc3cccc(F)c3F)cc(=O)c3c2CNN3C)CC1. The van der Waals surface area contributed by atoms with Gasteiger partial charge in [-0.25, -0.2) is 14.2 Å². The summed E-state index contributed by atoms with van der Waals surface area (Å²) in [5.41, 5.74) is 6.36. The molecule has 1 N–H and O–H groups in total. The van der Waals surface area contributed by atoms with Crippen molar-refractivity contribution in [1.29, 1.82) is 0 Å². The Kier molecular flexibility index (Phi) is 10.4. The van der Waals surface area contributed by atoms with Gasteiger partial charge in [0.15, 0.2) is 11.6 Å². The summed E-state index contributed by atoms with van der Waals surface area (Å²) in [7, 11) is 1.74. The predicted octanol–water partition coefficient (Wildman–Crippen LogP) is 6.57. The number of carbonyl (C=O) groups is 1. The fourth-order valence-electron chi connectivity index (χ4n) is 7.01. The van der Waals surface area contributed by atoms with E-state index in [-0.39, 0.29) is 42.3 Å². The molecule has 0 spiro atoms. The van der Waals surface area contributed by atoms with Gasteiger partial charge in [-0.05, 0) is 72.7 Å². The average molecular weight is 694 g/mol. The molecule has 264 valence electrons. The third-order valence-corrected chi connectivity index (χ3v) is 9.89. The van der Waals surface area contributed by atoms with Gasteiger partial charge in [-0.2, -0.15) is 13.2 Å². The maximum Gasteiger partial charge on any atom is 0.416 e. The van der Waals surface area contributed by atoms with Crippen molar-refractivity contribution in [3.8, 4) is 11.1 Å². The second-order valence-electron chi connectivity index (χ2n) is 12.9. The molecule has 1 amide bonds. The lowest BCUT2D eigenvalue weighted by molar-refractivity contribution is -0.137. The lowest BCUT2D eigenvalue weighted by Gasteiger charge is -2.39. The summed E-state index contributed by atoms with van der Waals surface area (Å²) in [6, 6.07) is 18.0. The zero-order valence-electron chi connectivity index (χ0n) is 28.1. The summed E-state index contributed by atoms with van der Waals surface area (Å²) >= 11 is 0. The molecule has 1 aromatic heterocycles. The van der Waals surface area contributed by atoms with Crippen LogP contribution in [0.25, 0.3) is 11.1 Å². The number of aryl methyl sites for hydroxylation is 2. The van der Waals surface area contributed by atoms with E-state index < -0.39 is 23.4 Å². The molecular formula is C38H40F5N5O2. The van der Waals surface area contributed by atoms with E-state index in [0.717, 1.165) is 61.8 Å². The molecule has 7 nitrogen and oxygen atoms in total. The standard InChI is InChI=1S/C38H40F5N5O2/c1-3-46-19-17-30(18-20-46)48(23-25-7-9-26(10-8-25)27-11-14-29(15-12-27)38(41,42)43)35(50)24-47-31(16-13-28-5-4-6-32(39)36(28)40)21-34(49)37-33(47)22-44-45(37)2/h4-12,14-15,21,30,44H,3,13,16-20,22-24H2,1-2H3. The van der Waals surface area contributed by atoms with Gasteiger partial charge in [-0.1, -0.05) is 55.5 Å².